The van der Waals surface area contributed by atoms with Crippen LogP contribution < -0.4 is 11.1 Å². The SMILES string of the molecule is CCCn1c(C)c(C(N)C(=O)O)c2cc3c(cc21)CNC3. The molecule has 1 aromatic heterocycles. The fourth-order valence-corrected chi connectivity index (χ4v) is 3.33. The number of benzene rings is 1. The monoisotopic (exact) mass is 287 g/mol. The molecule has 3 rings (SSSR count). The average Bonchev–Trinajstić information content (AvgIpc) is 3.00. The predicted octanol–water partition coefficient (Wildman–Crippen LogP) is 2.05. The highest BCUT2D eigenvalue weighted by molar-refractivity contribution is 5.92. The standard InChI is InChI=1S/C16H21N3O2/c1-3-4-19-9(2)14(15(17)16(20)21)12-5-10-7-18-8-11(10)6-13(12)19/h5-6,15,18H,3-4,7-8,17H2,1-2H3,(H,20,21). The largest absolute Gasteiger partial charge is 0.480 e. The molecule has 5 nitrogen and oxygen atoms in total. The van der Waals surface area contributed by atoms with Crippen molar-refractivity contribution in [3.05, 3.63) is 34.5 Å². The van der Waals surface area contributed by atoms with Gasteiger partial charge in [0.2, 0.25) is 0 Å². The lowest BCUT2D eigenvalue weighted by atomic mass is 10.0. The van der Waals surface area contributed by atoms with Crippen molar-refractivity contribution in [2.75, 3.05) is 0 Å². The maximum atomic E-state index is 11.3. The number of rotatable bonds is 4. The fourth-order valence-electron chi connectivity index (χ4n) is 3.33. The van der Waals surface area contributed by atoms with E-state index in [1.807, 2.05) is 6.92 Å². The summed E-state index contributed by atoms with van der Waals surface area (Å²) in [7, 11) is 0. The molecule has 1 aliphatic heterocycles. The zero-order chi connectivity index (χ0) is 15.1. The summed E-state index contributed by atoms with van der Waals surface area (Å²) in [5, 5.41) is 13.6. The van der Waals surface area contributed by atoms with Gasteiger partial charge in [0, 0.05) is 41.8 Å². The van der Waals surface area contributed by atoms with E-state index >= 15 is 0 Å². The van der Waals surface area contributed by atoms with E-state index in [9.17, 15) is 9.90 Å². The van der Waals surface area contributed by atoms with Crippen LogP contribution in [0.1, 0.15) is 41.8 Å². The zero-order valence-corrected chi connectivity index (χ0v) is 12.4. The molecule has 0 bridgehead atoms. The quantitative estimate of drug-likeness (QED) is 0.804. The Labute approximate surface area is 123 Å². The lowest BCUT2D eigenvalue weighted by Gasteiger charge is -2.09. The van der Waals surface area contributed by atoms with Crippen LogP contribution in [0.15, 0.2) is 12.1 Å². The third kappa shape index (κ3) is 2.13. The number of carboxylic acid groups (broad SMARTS) is 1. The van der Waals surface area contributed by atoms with Crippen molar-refractivity contribution in [2.45, 2.75) is 45.9 Å². The topological polar surface area (TPSA) is 80.3 Å². The first-order valence-corrected chi connectivity index (χ1v) is 7.38. The van der Waals surface area contributed by atoms with Crippen molar-refractivity contribution in [1.29, 1.82) is 0 Å². The number of carboxylic acids is 1. The first kappa shape index (κ1) is 14.1. The van der Waals surface area contributed by atoms with Gasteiger partial charge in [-0.25, -0.2) is 0 Å². The summed E-state index contributed by atoms with van der Waals surface area (Å²) in [6, 6.07) is 3.32. The Hall–Kier alpha value is -1.85. The van der Waals surface area contributed by atoms with Crippen LogP contribution in [0, 0.1) is 6.92 Å². The average molecular weight is 287 g/mol. The molecule has 0 aliphatic carbocycles. The van der Waals surface area contributed by atoms with Gasteiger partial charge in [0.25, 0.3) is 0 Å². The van der Waals surface area contributed by atoms with Crippen molar-refractivity contribution in [3.63, 3.8) is 0 Å². The van der Waals surface area contributed by atoms with E-state index in [1.54, 1.807) is 0 Å². The molecular formula is C16H21N3O2. The molecule has 0 fully saturated rings. The summed E-state index contributed by atoms with van der Waals surface area (Å²) >= 11 is 0. The summed E-state index contributed by atoms with van der Waals surface area (Å²) in [5.41, 5.74) is 11.3. The number of aromatic nitrogens is 1. The van der Waals surface area contributed by atoms with E-state index in [0.29, 0.717) is 0 Å². The number of hydrogen-bond donors (Lipinski definition) is 3. The molecule has 1 unspecified atom stereocenters. The first-order valence-electron chi connectivity index (χ1n) is 7.38. The Balaban J connectivity index is 2.30. The molecule has 0 amide bonds. The van der Waals surface area contributed by atoms with Gasteiger partial charge in [-0.3, -0.25) is 4.79 Å². The highest BCUT2D eigenvalue weighted by Gasteiger charge is 2.25. The molecular weight excluding hydrogens is 266 g/mol. The van der Waals surface area contributed by atoms with E-state index in [4.69, 9.17) is 5.73 Å². The van der Waals surface area contributed by atoms with Crippen molar-refractivity contribution in [1.82, 2.24) is 9.88 Å². The van der Waals surface area contributed by atoms with E-state index in [2.05, 4.69) is 28.9 Å². The second-order valence-corrected chi connectivity index (χ2v) is 5.71. The summed E-state index contributed by atoms with van der Waals surface area (Å²) < 4.78 is 2.20. The molecule has 112 valence electrons. The molecule has 0 saturated heterocycles. The highest BCUT2D eigenvalue weighted by atomic mass is 16.4. The van der Waals surface area contributed by atoms with Crippen molar-refractivity contribution in [3.8, 4) is 0 Å². The number of nitrogens with two attached hydrogens (primary N) is 1. The lowest BCUT2D eigenvalue weighted by Crippen LogP contribution is -2.21. The minimum Gasteiger partial charge on any atom is -0.480 e. The van der Waals surface area contributed by atoms with E-state index in [-0.39, 0.29) is 0 Å². The maximum absolute atomic E-state index is 11.3. The van der Waals surface area contributed by atoms with Crippen LogP contribution in [0.2, 0.25) is 0 Å². The van der Waals surface area contributed by atoms with Gasteiger partial charge in [0.1, 0.15) is 6.04 Å². The van der Waals surface area contributed by atoms with Gasteiger partial charge in [-0.05, 0) is 36.6 Å². The van der Waals surface area contributed by atoms with Crippen LogP contribution in [-0.4, -0.2) is 15.6 Å². The second kappa shape index (κ2) is 5.16. The van der Waals surface area contributed by atoms with Crippen molar-refractivity contribution in [2.24, 2.45) is 5.73 Å². The molecule has 0 saturated carbocycles. The van der Waals surface area contributed by atoms with Gasteiger partial charge in [-0.2, -0.15) is 0 Å². The molecule has 1 aliphatic rings. The molecule has 2 heterocycles. The third-order valence-corrected chi connectivity index (χ3v) is 4.35. The normalized spacial score (nSPS) is 15.4. The van der Waals surface area contributed by atoms with Crippen LogP contribution in [0.5, 0.6) is 0 Å². The van der Waals surface area contributed by atoms with Crippen LogP contribution in [0.4, 0.5) is 0 Å². The van der Waals surface area contributed by atoms with Crippen molar-refractivity contribution < 1.29 is 9.90 Å². The number of fused-ring (bicyclic) bond motifs is 2. The van der Waals surface area contributed by atoms with Gasteiger partial charge in [-0.15, -0.1) is 0 Å². The first-order chi connectivity index (χ1) is 10.0. The minimum absolute atomic E-state index is 0.751. The van der Waals surface area contributed by atoms with Crippen LogP contribution in [0.25, 0.3) is 10.9 Å². The molecule has 5 heteroatoms. The Morgan fingerprint density at radius 1 is 1.43 bits per heavy atom. The smallest absolute Gasteiger partial charge is 0.325 e. The molecule has 1 atom stereocenters. The number of aliphatic carboxylic acids is 1. The molecule has 0 radical (unpaired) electrons. The van der Waals surface area contributed by atoms with Crippen LogP contribution in [-0.2, 0) is 24.4 Å². The Kier molecular flexibility index (Phi) is 3.47. The number of aryl methyl sites for hydroxylation is 1. The summed E-state index contributed by atoms with van der Waals surface area (Å²) in [6.45, 7) is 6.68. The van der Waals surface area contributed by atoms with Gasteiger partial charge in [0.15, 0.2) is 0 Å². The molecule has 4 N–H and O–H groups in total. The molecule has 2 aromatic rings. The minimum atomic E-state index is -0.979. The number of hydrogen-bond acceptors (Lipinski definition) is 3. The van der Waals surface area contributed by atoms with E-state index in [0.717, 1.165) is 48.2 Å². The predicted molar refractivity (Wildman–Crippen MR) is 82.1 cm³/mol. The summed E-state index contributed by atoms with van der Waals surface area (Å²) in [4.78, 5) is 11.3. The fraction of sp³-hybridized carbons (Fsp3) is 0.438. The lowest BCUT2D eigenvalue weighted by molar-refractivity contribution is -0.138. The molecule has 0 spiro atoms. The van der Waals surface area contributed by atoms with Gasteiger partial charge in [-0.1, -0.05) is 6.92 Å². The highest BCUT2D eigenvalue weighted by Crippen LogP contribution is 2.33. The Morgan fingerprint density at radius 3 is 2.71 bits per heavy atom. The maximum Gasteiger partial charge on any atom is 0.325 e. The Bertz CT molecular complexity index is 718. The third-order valence-electron chi connectivity index (χ3n) is 4.35. The number of carbonyl (C=O) groups is 1. The van der Waals surface area contributed by atoms with Gasteiger partial charge < -0.3 is 20.7 Å². The van der Waals surface area contributed by atoms with Crippen LogP contribution >= 0.6 is 0 Å². The van der Waals surface area contributed by atoms with Gasteiger partial charge >= 0.3 is 5.97 Å². The molecule has 1 aromatic carbocycles. The molecule has 21 heavy (non-hydrogen) atoms. The zero-order valence-electron chi connectivity index (χ0n) is 12.4. The summed E-state index contributed by atoms with van der Waals surface area (Å²) in [6.07, 6.45) is 1.00. The Morgan fingerprint density at radius 2 is 2.10 bits per heavy atom. The van der Waals surface area contributed by atoms with Crippen LogP contribution in [0.3, 0.4) is 0 Å². The van der Waals surface area contributed by atoms with E-state index in [1.165, 1.54) is 11.1 Å². The summed E-state index contributed by atoms with van der Waals surface area (Å²) in [5.74, 6) is -0.979. The number of nitrogens with one attached hydrogen (secondary N) is 1. The van der Waals surface area contributed by atoms with E-state index < -0.39 is 12.0 Å². The van der Waals surface area contributed by atoms with Gasteiger partial charge in [0.05, 0.1) is 0 Å². The second-order valence-electron chi connectivity index (χ2n) is 5.71. The number of nitrogens with zero attached hydrogens (tertiary/aromatic N) is 1. The van der Waals surface area contributed by atoms with Crippen molar-refractivity contribution >= 4 is 16.9 Å².